The Labute approximate surface area is 72.0 Å². The molecule has 0 saturated carbocycles. The van der Waals surface area contributed by atoms with E-state index in [4.69, 9.17) is 0 Å². The van der Waals surface area contributed by atoms with Crippen LogP contribution >= 0.6 is 0 Å². The van der Waals surface area contributed by atoms with Gasteiger partial charge in [0.2, 0.25) is 0 Å². The first-order valence-electron chi connectivity index (χ1n) is 4.14. The van der Waals surface area contributed by atoms with E-state index < -0.39 is 0 Å². The van der Waals surface area contributed by atoms with Gasteiger partial charge in [-0.1, -0.05) is 18.2 Å². The first-order chi connectivity index (χ1) is 5.79. The van der Waals surface area contributed by atoms with Crippen LogP contribution < -0.4 is 9.46 Å². The molecule has 0 unspecified atom stereocenters. The van der Waals surface area contributed by atoms with Gasteiger partial charge in [-0.3, -0.25) is 0 Å². The summed E-state index contributed by atoms with van der Waals surface area (Å²) in [5.41, 5.74) is 2.66. The van der Waals surface area contributed by atoms with E-state index >= 15 is 0 Å². The zero-order valence-electron chi connectivity index (χ0n) is 7.25. The number of aromatic nitrogens is 1. The lowest BCUT2D eigenvalue weighted by Crippen LogP contribution is -2.26. The molecule has 12 heavy (non-hydrogen) atoms. The Morgan fingerprint density at radius 3 is 3.17 bits per heavy atom. The van der Waals surface area contributed by atoms with Crippen molar-refractivity contribution in [2.24, 2.45) is 0 Å². The largest absolute Gasteiger partial charge is 0.187 e. The molecule has 0 spiro atoms. The number of fused-ring (bicyclic) bond motifs is 1. The Balaban J connectivity index is 2.85. The molecule has 1 aromatic heterocycles. The molecule has 0 aromatic carbocycles. The SMILES string of the molecule is C=[n+]1ccc2c(c1C)CC=CC=2. The maximum Gasteiger partial charge on any atom is 0.187 e. The molecule has 0 aliphatic heterocycles. The molecule has 0 saturated heterocycles. The first-order valence-corrected chi connectivity index (χ1v) is 4.14. The molecule has 1 aromatic rings. The molecule has 0 radical (unpaired) electrons. The zero-order valence-corrected chi connectivity index (χ0v) is 7.25. The molecular weight excluding hydrogens is 146 g/mol. The Kier molecular flexibility index (Phi) is 1.58. The summed E-state index contributed by atoms with van der Waals surface area (Å²) in [6.45, 7) is 6.02. The topological polar surface area (TPSA) is 5.90 Å². The summed E-state index contributed by atoms with van der Waals surface area (Å²) in [6, 6.07) is 2.11. The highest BCUT2D eigenvalue weighted by Crippen LogP contribution is 2.01. The number of rotatable bonds is 0. The van der Waals surface area contributed by atoms with E-state index in [1.54, 1.807) is 0 Å². The van der Waals surface area contributed by atoms with Gasteiger partial charge in [-0.2, -0.15) is 4.24 Å². The third kappa shape index (κ3) is 0.981. The second-order valence-electron chi connectivity index (χ2n) is 3.10. The Morgan fingerprint density at radius 1 is 1.50 bits per heavy atom. The van der Waals surface area contributed by atoms with Gasteiger partial charge < -0.3 is 0 Å². The number of hydrogen-bond donors (Lipinski definition) is 0. The zero-order chi connectivity index (χ0) is 8.55. The lowest BCUT2D eigenvalue weighted by atomic mass is 10.0. The van der Waals surface area contributed by atoms with Crippen LogP contribution in [-0.4, -0.2) is 0 Å². The van der Waals surface area contributed by atoms with Crippen LogP contribution in [-0.2, 0) is 6.42 Å². The van der Waals surface area contributed by atoms with Crippen molar-refractivity contribution < 1.29 is 4.24 Å². The molecule has 60 valence electrons. The molecule has 0 bridgehead atoms. The highest BCUT2D eigenvalue weighted by molar-refractivity contribution is 5.44. The lowest BCUT2D eigenvalue weighted by Gasteiger charge is -2.01. The Morgan fingerprint density at radius 2 is 2.33 bits per heavy atom. The highest BCUT2D eigenvalue weighted by atomic mass is 14.8. The van der Waals surface area contributed by atoms with Crippen molar-refractivity contribution in [3.05, 3.63) is 47.6 Å². The Bertz CT molecular complexity index is 441. The average molecular weight is 158 g/mol. The number of hydrogen-bond acceptors (Lipinski definition) is 0. The standard InChI is InChI=1S/C11H12N/c1-9-11-6-4-3-5-10(11)7-8-12(9)2/h3-5,7-8H,2,6H2,1H3/q+1. The second-order valence-corrected chi connectivity index (χ2v) is 3.10. The highest BCUT2D eigenvalue weighted by Gasteiger charge is 2.07. The third-order valence-corrected chi connectivity index (χ3v) is 2.38. The van der Waals surface area contributed by atoms with E-state index in [1.165, 1.54) is 16.5 Å². The van der Waals surface area contributed by atoms with Crippen LogP contribution in [0.25, 0.3) is 6.08 Å². The van der Waals surface area contributed by atoms with Crippen molar-refractivity contribution >= 4 is 6.08 Å². The predicted octanol–water partition coefficient (Wildman–Crippen LogP) is 0.815. The minimum absolute atomic E-state index is 1.04. The van der Waals surface area contributed by atoms with Crippen LogP contribution in [0.15, 0.2) is 24.4 Å². The minimum atomic E-state index is 1.04. The van der Waals surface area contributed by atoms with E-state index in [0.717, 1.165) is 6.42 Å². The first kappa shape index (κ1) is 7.29. The average Bonchev–Trinajstić information content (AvgIpc) is 2.12. The maximum atomic E-state index is 3.91. The van der Waals surface area contributed by atoms with Crippen LogP contribution in [0, 0.1) is 13.6 Å². The fraction of sp³-hybridized carbons (Fsp3) is 0.182. The van der Waals surface area contributed by atoms with Gasteiger partial charge >= 0.3 is 0 Å². The molecular formula is C11H12N+. The van der Waals surface area contributed by atoms with Crippen molar-refractivity contribution in [2.75, 3.05) is 0 Å². The lowest BCUT2D eigenvalue weighted by molar-refractivity contribution is -0.507. The summed E-state index contributed by atoms with van der Waals surface area (Å²) in [7, 11) is 0. The molecule has 1 aliphatic carbocycles. The summed E-state index contributed by atoms with van der Waals surface area (Å²) < 4.78 is 1.92. The van der Waals surface area contributed by atoms with Crippen molar-refractivity contribution in [3.63, 3.8) is 0 Å². The number of allylic oxidation sites excluding steroid dienone is 2. The van der Waals surface area contributed by atoms with Crippen molar-refractivity contribution in [1.82, 2.24) is 0 Å². The molecule has 0 amide bonds. The second kappa shape index (κ2) is 2.59. The summed E-state index contributed by atoms with van der Waals surface area (Å²) >= 11 is 0. The van der Waals surface area contributed by atoms with Crippen LogP contribution in [0.5, 0.6) is 0 Å². The molecule has 1 heteroatoms. The maximum absolute atomic E-state index is 3.91. The van der Waals surface area contributed by atoms with Gasteiger partial charge in [-0.25, -0.2) is 0 Å². The van der Waals surface area contributed by atoms with E-state index in [1.807, 2.05) is 10.4 Å². The summed E-state index contributed by atoms with van der Waals surface area (Å²) in [5.74, 6) is 0. The molecule has 0 N–H and O–H groups in total. The van der Waals surface area contributed by atoms with Gasteiger partial charge in [-0.05, 0) is 11.6 Å². The molecule has 1 nitrogen and oxygen atoms in total. The van der Waals surface area contributed by atoms with Gasteiger partial charge in [0.1, 0.15) is 6.72 Å². The quantitative estimate of drug-likeness (QED) is 0.493. The minimum Gasteiger partial charge on any atom is -0.178 e. The number of nitrogens with zero attached hydrogens (tertiary/aromatic N) is 1. The fourth-order valence-electron chi connectivity index (χ4n) is 1.54. The van der Waals surface area contributed by atoms with Crippen LogP contribution in [0.4, 0.5) is 0 Å². The molecule has 0 atom stereocenters. The van der Waals surface area contributed by atoms with E-state index in [-0.39, 0.29) is 0 Å². The van der Waals surface area contributed by atoms with E-state index in [2.05, 4.69) is 37.9 Å². The van der Waals surface area contributed by atoms with Gasteiger partial charge in [-0.15, -0.1) is 0 Å². The van der Waals surface area contributed by atoms with Gasteiger partial charge in [0.15, 0.2) is 11.9 Å². The summed E-state index contributed by atoms with van der Waals surface area (Å²) in [6.07, 6.45) is 9.47. The molecule has 1 heterocycles. The van der Waals surface area contributed by atoms with Crippen molar-refractivity contribution in [1.29, 1.82) is 0 Å². The third-order valence-electron chi connectivity index (χ3n) is 2.38. The van der Waals surface area contributed by atoms with Crippen molar-refractivity contribution in [3.8, 4) is 0 Å². The number of pyridine rings is 1. The summed E-state index contributed by atoms with van der Waals surface area (Å²) in [5, 5.41) is 1.33. The van der Waals surface area contributed by atoms with Crippen LogP contribution in [0.2, 0.25) is 0 Å². The van der Waals surface area contributed by atoms with Gasteiger partial charge in [0.25, 0.3) is 0 Å². The monoisotopic (exact) mass is 158 g/mol. The van der Waals surface area contributed by atoms with E-state index in [9.17, 15) is 0 Å². The normalized spacial score (nSPS) is 13.8. The van der Waals surface area contributed by atoms with Crippen LogP contribution in [0.3, 0.4) is 0 Å². The Hall–Kier alpha value is -1.37. The summed E-state index contributed by atoms with van der Waals surface area (Å²) in [4.78, 5) is 0. The predicted molar refractivity (Wildman–Crippen MR) is 49.1 cm³/mol. The molecule has 0 fully saturated rings. The fourth-order valence-corrected chi connectivity index (χ4v) is 1.54. The molecule has 2 rings (SSSR count). The van der Waals surface area contributed by atoms with Crippen molar-refractivity contribution in [2.45, 2.75) is 13.3 Å². The van der Waals surface area contributed by atoms with E-state index in [0.29, 0.717) is 0 Å². The smallest absolute Gasteiger partial charge is 0.178 e. The van der Waals surface area contributed by atoms with Gasteiger partial charge in [0, 0.05) is 18.6 Å². The van der Waals surface area contributed by atoms with Gasteiger partial charge in [0.05, 0.1) is 0 Å². The molecule has 1 aliphatic rings. The van der Waals surface area contributed by atoms with Crippen LogP contribution in [0.1, 0.15) is 11.3 Å².